The summed E-state index contributed by atoms with van der Waals surface area (Å²) in [6, 6.07) is 15.3. The minimum Gasteiger partial charge on any atom is -0.506 e. The normalized spacial score (nSPS) is 11.9. The van der Waals surface area contributed by atoms with Crippen LogP contribution in [0, 0.1) is 10.1 Å². The predicted octanol–water partition coefficient (Wildman–Crippen LogP) is -1.62. The number of sulfonamides is 1. The van der Waals surface area contributed by atoms with Crippen LogP contribution >= 0.6 is 0 Å². The van der Waals surface area contributed by atoms with Gasteiger partial charge in [0.15, 0.2) is 11.5 Å². The number of hydrogen-bond donors (Lipinski definition) is 8. The summed E-state index contributed by atoms with van der Waals surface area (Å²) in [7, 11) is -14.1. The maximum atomic E-state index is 12.2. The SMILES string of the molecule is CC(=O)C(N=Nc1cc(S(N)(=O)=O)ccc1O)C(=O)Nc1ccccc1.Nc1ccc(S(=O)(=O)O)c2cc(S(=O)(=O)O)c(N=Nc3cc([N+](=O)[O-])ccc3O)c(O)c12.[Cr].[Na+].[Na+]. The maximum absolute atomic E-state index is 12.2. The number of hydrogen-bond acceptors (Lipinski definition) is 18. The Kier molecular flexibility index (Phi) is 19.8. The number of ketones is 1. The maximum Gasteiger partial charge on any atom is 1.00 e. The summed E-state index contributed by atoms with van der Waals surface area (Å²) in [5, 5.41) is 61.8. The largest absolute Gasteiger partial charge is 1.00 e. The van der Waals surface area contributed by atoms with Crippen molar-refractivity contribution in [1.29, 1.82) is 0 Å². The van der Waals surface area contributed by atoms with Gasteiger partial charge in [-0.3, -0.25) is 28.8 Å². The summed E-state index contributed by atoms with van der Waals surface area (Å²) in [4.78, 5) is 31.8. The molecular weight excluding hydrogens is 931 g/mol. The first kappa shape index (κ1) is 54.6. The van der Waals surface area contributed by atoms with E-state index in [2.05, 4.69) is 25.8 Å². The zero-order valence-electron chi connectivity index (χ0n) is 31.5. The molecule has 0 spiro atoms. The molecule has 0 heterocycles. The van der Waals surface area contributed by atoms with Gasteiger partial charge >= 0.3 is 59.1 Å². The van der Waals surface area contributed by atoms with Gasteiger partial charge in [0.2, 0.25) is 16.1 Å². The van der Waals surface area contributed by atoms with Crippen molar-refractivity contribution in [3.63, 3.8) is 0 Å². The quantitative estimate of drug-likeness (QED) is 0.0140. The summed E-state index contributed by atoms with van der Waals surface area (Å²) in [6.45, 7) is 1.16. The first-order valence-corrected chi connectivity index (χ1v) is 19.9. The standard InChI is InChI=1S/C16H12N4O10S2.C16H16N4O5S.Cr.2Na/c17-9-2-4-12(31(25,26)27)8-6-13(32(28,29)30)15(16(22)14(8)9)19-18-10-5-7(20(23)24)1-3-11(10)21;1-10(21)15(16(23)18-11-5-3-2-4-6-11)20-19-13-9-12(26(17,24)25)7-8-14(13)22;;;/h1-6,21-22H,17H2,(H,25,26,27)(H,28,29,30);2-9,15,22H,1H3,(H,18,23)(H2,17,24,25);;;/q;;;2*+1. The molecule has 5 aromatic carbocycles. The van der Waals surface area contributed by atoms with E-state index in [0.717, 1.165) is 55.5 Å². The number of nitrogens with zero attached hydrogens (tertiary/aromatic N) is 5. The monoisotopic (exact) mass is 958 g/mol. The van der Waals surface area contributed by atoms with Gasteiger partial charge in [0.05, 0.1) is 15.2 Å². The van der Waals surface area contributed by atoms with Crippen LogP contribution < -0.4 is 75.3 Å². The third kappa shape index (κ3) is 14.0. The Morgan fingerprint density at radius 3 is 1.85 bits per heavy atom. The Balaban J connectivity index is 0.000000593. The topological polar surface area (TPSA) is 394 Å². The molecular formula is C32H28CrN8Na2O15S3+2. The summed E-state index contributed by atoms with van der Waals surface area (Å²) < 4.78 is 88.7. The first-order chi connectivity index (χ1) is 26.9. The van der Waals surface area contributed by atoms with Gasteiger partial charge in [0, 0.05) is 46.3 Å². The molecule has 0 saturated carbocycles. The number of phenols is 3. The predicted molar refractivity (Wildman–Crippen MR) is 202 cm³/mol. The van der Waals surface area contributed by atoms with Crippen LogP contribution in [0.25, 0.3) is 10.8 Å². The zero-order chi connectivity index (χ0) is 43.3. The fourth-order valence-corrected chi connectivity index (χ4v) is 6.58. The summed E-state index contributed by atoms with van der Waals surface area (Å²) in [6.07, 6.45) is 0. The molecule has 1 atom stereocenters. The molecule has 0 bridgehead atoms. The minimum absolute atomic E-state index is 0. The molecule has 310 valence electrons. The van der Waals surface area contributed by atoms with Crippen LogP contribution in [0.1, 0.15) is 6.92 Å². The number of non-ortho nitro benzene ring substituents is 1. The van der Waals surface area contributed by atoms with Crippen molar-refractivity contribution >= 4 is 86.8 Å². The number of azo groups is 2. The number of phenolic OH excluding ortho intramolecular Hbond substituents is 3. The number of nitrogen functional groups attached to an aromatic ring is 1. The Hall–Kier alpha value is -4.44. The van der Waals surface area contributed by atoms with Crippen LogP contribution in [0.5, 0.6) is 17.2 Å². The van der Waals surface area contributed by atoms with Gasteiger partial charge in [-0.15, -0.1) is 10.2 Å². The van der Waals surface area contributed by atoms with E-state index in [1.165, 1.54) is 0 Å². The number of carbonyl (C=O) groups excluding carboxylic acids is 2. The number of fused-ring (bicyclic) bond motifs is 1. The number of rotatable bonds is 11. The van der Waals surface area contributed by atoms with Crippen LogP contribution in [-0.4, -0.2) is 72.3 Å². The fraction of sp³-hybridized carbons (Fsp3) is 0.0625. The zero-order valence-corrected chi connectivity index (χ0v) is 39.2. The number of anilines is 2. The molecule has 0 fully saturated rings. The smallest absolute Gasteiger partial charge is 0.506 e. The Morgan fingerprint density at radius 1 is 0.770 bits per heavy atom. The van der Waals surface area contributed by atoms with Gasteiger partial charge in [-0.05, 0) is 61.5 Å². The molecule has 29 heteroatoms. The summed E-state index contributed by atoms with van der Waals surface area (Å²) in [5.74, 6) is -3.29. The van der Waals surface area contributed by atoms with E-state index in [1.54, 1.807) is 30.3 Å². The number of benzene rings is 5. The summed E-state index contributed by atoms with van der Waals surface area (Å²) >= 11 is 0. The van der Waals surface area contributed by atoms with E-state index in [-0.39, 0.29) is 98.5 Å². The van der Waals surface area contributed by atoms with E-state index in [9.17, 15) is 69.4 Å². The van der Waals surface area contributed by atoms with E-state index < -0.39 is 102 Å². The molecule has 0 saturated heterocycles. The molecule has 0 aliphatic heterocycles. The number of amides is 1. The molecule has 0 aromatic heterocycles. The Bertz CT molecular complexity index is 2890. The Labute approximate surface area is 400 Å². The number of carbonyl (C=O) groups is 2. The molecule has 10 N–H and O–H groups in total. The number of para-hydroxylation sites is 1. The molecule has 23 nitrogen and oxygen atoms in total. The number of nitrogens with one attached hydrogen (secondary N) is 1. The molecule has 0 aliphatic carbocycles. The molecule has 0 radical (unpaired) electrons. The van der Waals surface area contributed by atoms with Gasteiger partial charge in [-0.2, -0.15) is 27.1 Å². The summed E-state index contributed by atoms with van der Waals surface area (Å²) in [5.41, 5.74) is 3.84. The second kappa shape index (κ2) is 22.1. The van der Waals surface area contributed by atoms with Gasteiger partial charge in [0.1, 0.15) is 38.4 Å². The van der Waals surface area contributed by atoms with Crippen molar-refractivity contribution < 1.29 is 141 Å². The van der Waals surface area contributed by atoms with E-state index in [1.807, 2.05) is 0 Å². The van der Waals surface area contributed by atoms with Crippen LogP contribution in [0.3, 0.4) is 0 Å². The van der Waals surface area contributed by atoms with Crippen molar-refractivity contribution in [2.24, 2.45) is 25.6 Å². The van der Waals surface area contributed by atoms with Crippen molar-refractivity contribution in [3.05, 3.63) is 95.0 Å². The average molecular weight is 959 g/mol. The van der Waals surface area contributed by atoms with E-state index >= 15 is 0 Å². The third-order valence-corrected chi connectivity index (χ3v) is 10.1. The van der Waals surface area contributed by atoms with Gasteiger partial charge in [-0.25, -0.2) is 13.6 Å². The number of primary sulfonamides is 1. The van der Waals surface area contributed by atoms with Gasteiger partial charge in [0.25, 0.3) is 31.8 Å². The average Bonchev–Trinajstić information content (AvgIpc) is 3.11. The number of nitro groups is 1. The second-order valence-electron chi connectivity index (χ2n) is 11.5. The Morgan fingerprint density at radius 2 is 1.33 bits per heavy atom. The molecule has 61 heavy (non-hydrogen) atoms. The van der Waals surface area contributed by atoms with Crippen LogP contribution in [-0.2, 0) is 57.2 Å². The van der Waals surface area contributed by atoms with Gasteiger partial charge in [-0.1, -0.05) is 18.2 Å². The van der Waals surface area contributed by atoms with Crippen molar-refractivity contribution in [2.75, 3.05) is 11.1 Å². The number of Topliss-reactive ketones (excluding diaryl/α,β-unsaturated/α-hetero) is 1. The fourth-order valence-electron chi connectivity index (χ4n) is 4.72. The van der Waals surface area contributed by atoms with Crippen molar-refractivity contribution in [3.8, 4) is 17.2 Å². The molecule has 5 rings (SSSR count). The molecule has 1 amide bonds. The van der Waals surface area contributed by atoms with Crippen molar-refractivity contribution in [2.45, 2.75) is 27.7 Å². The van der Waals surface area contributed by atoms with Crippen LogP contribution in [0.2, 0.25) is 0 Å². The van der Waals surface area contributed by atoms with Crippen molar-refractivity contribution in [1.82, 2.24) is 0 Å². The molecule has 0 aliphatic rings. The molecule has 5 aromatic rings. The number of nitro benzene ring substituents is 1. The number of aromatic hydroxyl groups is 3. The van der Waals surface area contributed by atoms with Crippen LogP contribution in [0.4, 0.5) is 34.1 Å². The van der Waals surface area contributed by atoms with E-state index in [0.29, 0.717) is 11.8 Å². The van der Waals surface area contributed by atoms with Crippen LogP contribution in [0.15, 0.2) is 120 Å². The first-order valence-electron chi connectivity index (χ1n) is 15.5. The minimum atomic E-state index is -5.16. The second-order valence-corrected chi connectivity index (χ2v) is 15.8. The van der Waals surface area contributed by atoms with Gasteiger partial charge < -0.3 is 26.4 Å². The van der Waals surface area contributed by atoms with E-state index in [4.69, 9.17) is 10.9 Å². The molecule has 1 unspecified atom stereocenters. The number of nitrogens with two attached hydrogens (primary N) is 2. The third-order valence-electron chi connectivity index (χ3n) is 7.42.